The molecule has 0 fully saturated rings. The first-order valence-electron chi connectivity index (χ1n) is 2.59. The summed E-state index contributed by atoms with van der Waals surface area (Å²) in [6, 6.07) is 0. The van der Waals surface area contributed by atoms with Gasteiger partial charge in [-0.15, -0.1) is 0 Å². The van der Waals surface area contributed by atoms with Crippen LogP contribution in [-0.4, -0.2) is 73.2 Å². The van der Waals surface area contributed by atoms with E-state index in [2.05, 4.69) is 4.74 Å². The quantitative estimate of drug-likeness (QED) is 0.385. The Labute approximate surface area is 89.2 Å². The molecule has 0 aromatic heterocycles. The van der Waals surface area contributed by atoms with Gasteiger partial charge in [-0.1, -0.05) is 0 Å². The van der Waals surface area contributed by atoms with Crippen LogP contribution in [0.4, 0.5) is 0 Å². The molecule has 0 aliphatic carbocycles. The van der Waals surface area contributed by atoms with E-state index in [-0.39, 0.29) is 51.0 Å². The van der Waals surface area contributed by atoms with Gasteiger partial charge in [0, 0.05) is 6.92 Å². The summed E-state index contributed by atoms with van der Waals surface area (Å²) in [5.74, 6) is -0.456. The van der Waals surface area contributed by atoms with Crippen molar-refractivity contribution >= 4 is 43.7 Å². The third-order valence-corrected chi connectivity index (χ3v) is 0.690. The maximum absolute atomic E-state index is 10.0. The number of carbonyl (C=O) groups is 1. The average Bonchev–Trinajstić information content (AvgIpc) is 1.83. The summed E-state index contributed by atoms with van der Waals surface area (Å²) in [4.78, 5) is 10.0. The van der Waals surface area contributed by atoms with E-state index in [4.69, 9.17) is 10.2 Å². The Kier molecular flexibility index (Phi) is 10.3. The Morgan fingerprint density at radius 3 is 2.50 bits per heavy atom. The summed E-state index contributed by atoms with van der Waals surface area (Å²) in [6.07, 6.45) is -0.950. The first kappa shape index (κ1) is 13.3. The minimum atomic E-state index is -0.950. The van der Waals surface area contributed by atoms with Crippen molar-refractivity contribution in [3.8, 4) is 0 Å². The predicted octanol–water partition coefficient (Wildman–Crippen LogP) is -2.01. The van der Waals surface area contributed by atoms with Gasteiger partial charge >= 0.3 is 43.7 Å². The van der Waals surface area contributed by atoms with Crippen LogP contribution in [0.15, 0.2) is 0 Å². The van der Waals surface area contributed by atoms with Crippen molar-refractivity contribution in [2.75, 3.05) is 13.2 Å². The molecule has 5 heteroatoms. The molecule has 0 aliphatic heterocycles. The molecule has 0 bridgehead atoms. The van der Waals surface area contributed by atoms with Crippen LogP contribution < -0.4 is 0 Å². The number of esters is 1. The molecule has 0 spiro atoms. The molecule has 0 aromatic carbocycles. The van der Waals surface area contributed by atoms with Crippen molar-refractivity contribution in [1.29, 1.82) is 0 Å². The fourth-order valence-electron chi connectivity index (χ4n) is 0.266. The van der Waals surface area contributed by atoms with Crippen LogP contribution in [0.1, 0.15) is 6.92 Å². The van der Waals surface area contributed by atoms with Crippen LogP contribution in [0.5, 0.6) is 0 Å². The second kappa shape index (κ2) is 7.75. The number of aliphatic hydroxyl groups excluding tert-OH is 2. The Bertz CT molecular complexity index is 95.6. The first-order chi connectivity index (χ1) is 4.16. The zero-order valence-corrected chi connectivity index (χ0v) is 5.20. The van der Waals surface area contributed by atoms with Crippen LogP contribution in [-0.2, 0) is 9.53 Å². The van der Waals surface area contributed by atoms with Crippen molar-refractivity contribution in [2.45, 2.75) is 13.0 Å². The van der Waals surface area contributed by atoms with E-state index in [1.807, 2.05) is 0 Å². The topological polar surface area (TPSA) is 66.8 Å². The standard InChI is InChI=1S/C5H10O4.Ca.2H/c1-4(7)9-3-5(8)2-6;;;/h5-6,8H,2-3H2,1H3;;;. The second-order valence-corrected chi connectivity index (χ2v) is 1.64. The maximum atomic E-state index is 10.0. The van der Waals surface area contributed by atoms with Gasteiger partial charge in [-0.3, -0.25) is 4.79 Å². The molecule has 10 heavy (non-hydrogen) atoms. The summed E-state index contributed by atoms with van der Waals surface area (Å²) in [5, 5.41) is 16.8. The number of rotatable bonds is 3. The molecule has 0 saturated carbocycles. The summed E-state index contributed by atoms with van der Waals surface area (Å²) in [7, 11) is 0. The van der Waals surface area contributed by atoms with E-state index in [1.54, 1.807) is 0 Å². The molecule has 0 radical (unpaired) electrons. The number of hydrogen-bond donors (Lipinski definition) is 2. The number of aliphatic hydroxyl groups is 2. The molecule has 0 rings (SSSR count). The van der Waals surface area contributed by atoms with E-state index in [1.165, 1.54) is 6.92 Å². The Morgan fingerprint density at radius 2 is 2.20 bits per heavy atom. The van der Waals surface area contributed by atoms with Crippen molar-refractivity contribution in [1.82, 2.24) is 0 Å². The third kappa shape index (κ3) is 8.65. The number of hydrogen-bond acceptors (Lipinski definition) is 4. The SMILES string of the molecule is CC(=O)OCC(O)CO.[CaH2]. The Balaban J connectivity index is 0. The number of carbonyl (C=O) groups excluding carboxylic acids is 1. The van der Waals surface area contributed by atoms with Crippen molar-refractivity contribution < 1.29 is 19.7 Å². The Morgan fingerprint density at radius 1 is 1.70 bits per heavy atom. The van der Waals surface area contributed by atoms with Gasteiger partial charge in [0.25, 0.3) is 0 Å². The fourth-order valence-corrected chi connectivity index (χ4v) is 0.266. The molecule has 4 nitrogen and oxygen atoms in total. The van der Waals surface area contributed by atoms with Crippen LogP contribution >= 0.6 is 0 Å². The van der Waals surface area contributed by atoms with Gasteiger partial charge in [0.15, 0.2) is 0 Å². The molecule has 0 saturated heterocycles. The predicted molar refractivity (Wildman–Crippen MR) is 38.3 cm³/mol. The monoisotopic (exact) mass is 176 g/mol. The minimum absolute atomic E-state index is 0. The van der Waals surface area contributed by atoms with Crippen LogP contribution in [0.2, 0.25) is 0 Å². The fraction of sp³-hybridized carbons (Fsp3) is 0.800. The van der Waals surface area contributed by atoms with Crippen LogP contribution in [0, 0.1) is 0 Å². The zero-order chi connectivity index (χ0) is 7.28. The zero-order valence-electron chi connectivity index (χ0n) is 5.20. The molecular formula is C5H12CaO4. The Hall–Kier alpha value is 0.650. The molecule has 0 aliphatic rings. The van der Waals surface area contributed by atoms with Gasteiger partial charge in [-0.05, 0) is 0 Å². The van der Waals surface area contributed by atoms with Gasteiger partial charge in [0.1, 0.15) is 12.7 Å². The van der Waals surface area contributed by atoms with E-state index in [0.29, 0.717) is 0 Å². The molecule has 58 valence electrons. The number of ether oxygens (including phenoxy) is 1. The van der Waals surface area contributed by atoms with Gasteiger partial charge in [0.2, 0.25) is 0 Å². The molecule has 0 aromatic rings. The van der Waals surface area contributed by atoms with Crippen LogP contribution in [0.25, 0.3) is 0 Å². The summed E-state index contributed by atoms with van der Waals surface area (Å²) < 4.78 is 4.35. The van der Waals surface area contributed by atoms with E-state index in [9.17, 15) is 4.79 Å². The normalized spacial score (nSPS) is 11.5. The average molecular weight is 176 g/mol. The molecule has 2 N–H and O–H groups in total. The summed E-state index contributed by atoms with van der Waals surface area (Å²) in [5.41, 5.74) is 0. The molecule has 0 amide bonds. The summed E-state index contributed by atoms with van der Waals surface area (Å²) in [6.45, 7) is 0.725. The van der Waals surface area contributed by atoms with Gasteiger partial charge in [-0.25, -0.2) is 0 Å². The van der Waals surface area contributed by atoms with E-state index >= 15 is 0 Å². The second-order valence-electron chi connectivity index (χ2n) is 1.64. The van der Waals surface area contributed by atoms with E-state index < -0.39 is 12.1 Å². The van der Waals surface area contributed by atoms with Crippen molar-refractivity contribution in [2.24, 2.45) is 0 Å². The van der Waals surface area contributed by atoms with E-state index in [0.717, 1.165) is 0 Å². The first-order valence-corrected chi connectivity index (χ1v) is 2.59. The molecular weight excluding hydrogens is 164 g/mol. The van der Waals surface area contributed by atoms with Gasteiger partial charge in [0.05, 0.1) is 6.61 Å². The van der Waals surface area contributed by atoms with Gasteiger partial charge < -0.3 is 14.9 Å². The van der Waals surface area contributed by atoms with Crippen LogP contribution in [0.3, 0.4) is 0 Å². The van der Waals surface area contributed by atoms with Crippen molar-refractivity contribution in [3.63, 3.8) is 0 Å². The molecule has 1 unspecified atom stereocenters. The van der Waals surface area contributed by atoms with Gasteiger partial charge in [-0.2, -0.15) is 0 Å². The van der Waals surface area contributed by atoms with Crippen molar-refractivity contribution in [3.05, 3.63) is 0 Å². The third-order valence-electron chi connectivity index (χ3n) is 0.690. The molecule has 0 heterocycles. The summed E-state index contributed by atoms with van der Waals surface area (Å²) >= 11 is 0. The molecule has 1 atom stereocenters.